The number of amides is 2. The maximum atomic E-state index is 14.2. The Morgan fingerprint density at radius 2 is 1.68 bits per heavy atom. The molecule has 4 fully saturated rings. The van der Waals surface area contributed by atoms with Crippen LogP contribution in [0.1, 0.15) is 82.6 Å². The summed E-state index contributed by atoms with van der Waals surface area (Å²) < 4.78 is 1.99. The number of carbonyl (C=O) groups excluding carboxylic acids is 2. The first-order valence-electron chi connectivity index (χ1n) is 16.8. The number of carbonyl (C=O) groups is 2. The predicted octanol–water partition coefficient (Wildman–Crippen LogP) is 5.78. The number of fused-ring (bicyclic) bond motifs is 1. The number of aromatic nitrogens is 3. The van der Waals surface area contributed by atoms with Gasteiger partial charge in [-0.05, 0) is 86.4 Å². The van der Waals surface area contributed by atoms with Gasteiger partial charge in [-0.3, -0.25) is 19.2 Å². The highest BCUT2D eigenvalue weighted by atomic mass is 35.5. The SMILES string of the molecule is CN1C[C@@H]2CCCC[C@@H]2C[C@H]1C(=O)N[C@H](Cc1ccc(Cl)cc1)C(=O)N1CCC(Cn2cncn2)(C2CCCCC2)CC1.Cl. The van der Waals surface area contributed by atoms with Gasteiger partial charge in [-0.2, -0.15) is 5.10 Å². The van der Waals surface area contributed by atoms with Crippen molar-refractivity contribution in [1.29, 1.82) is 0 Å². The average molecular weight is 646 g/mol. The molecule has 4 atom stereocenters. The minimum Gasteiger partial charge on any atom is -0.343 e. The average Bonchev–Trinajstić information content (AvgIpc) is 3.54. The van der Waals surface area contributed by atoms with Crippen LogP contribution in [0.2, 0.25) is 5.02 Å². The summed E-state index contributed by atoms with van der Waals surface area (Å²) in [6.45, 7) is 3.26. The zero-order chi connectivity index (χ0) is 29.8. The first-order valence-corrected chi connectivity index (χ1v) is 17.1. The van der Waals surface area contributed by atoms with Gasteiger partial charge in [0, 0.05) is 37.6 Å². The van der Waals surface area contributed by atoms with E-state index < -0.39 is 6.04 Å². The molecule has 44 heavy (non-hydrogen) atoms. The standard InChI is InChI=1S/C34H49ClN6O2.ClH/c1-39-21-27-8-6-5-7-26(27)20-31(39)32(42)38-30(19-25-11-13-29(35)14-12-25)33(43)40-17-15-34(16-18-40,22-41-24-36-23-37-41)28-9-3-2-4-10-28;/h11-14,23-24,26-28,30-31H,2-10,15-22H2,1H3,(H,38,42);1H/t26-,27+,30-,31+;/m1./s1. The largest absolute Gasteiger partial charge is 0.343 e. The molecule has 10 heteroatoms. The van der Waals surface area contributed by atoms with E-state index in [4.69, 9.17) is 11.6 Å². The molecule has 1 aromatic carbocycles. The van der Waals surface area contributed by atoms with Gasteiger partial charge in [-0.1, -0.05) is 62.3 Å². The molecule has 0 spiro atoms. The number of nitrogens with zero attached hydrogens (tertiary/aromatic N) is 5. The normalized spacial score (nSPS) is 26.7. The number of hydrogen-bond acceptors (Lipinski definition) is 5. The Morgan fingerprint density at radius 1 is 1.00 bits per heavy atom. The molecule has 0 radical (unpaired) electrons. The third kappa shape index (κ3) is 7.61. The highest BCUT2D eigenvalue weighted by Crippen LogP contribution is 2.47. The third-order valence-corrected chi connectivity index (χ3v) is 11.7. The van der Waals surface area contributed by atoms with E-state index in [0.717, 1.165) is 37.9 Å². The lowest BCUT2D eigenvalue weighted by Gasteiger charge is -2.48. The molecule has 0 unspecified atom stereocenters. The Morgan fingerprint density at radius 3 is 2.36 bits per heavy atom. The second-order valence-corrected chi connectivity index (χ2v) is 14.4. The molecule has 2 aliphatic carbocycles. The van der Waals surface area contributed by atoms with Gasteiger partial charge >= 0.3 is 0 Å². The van der Waals surface area contributed by atoms with Crippen molar-refractivity contribution >= 4 is 35.8 Å². The van der Waals surface area contributed by atoms with Gasteiger partial charge in [-0.25, -0.2) is 4.98 Å². The zero-order valence-electron chi connectivity index (χ0n) is 26.2. The predicted molar refractivity (Wildman–Crippen MR) is 176 cm³/mol. The van der Waals surface area contributed by atoms with Gasteiger partial charge in [0.15, 0.2) is 0 Å². The van der Waals surface area contributed by atoms with E-state index in [1.807, 2.05) is 40.2 Å². The first-order chi connectivity index (χ1) is 20.9. The van der Waals surface area contributed by atoms with Crippen molar-refractivity contribution in [3.05, 3.63) is 47.5 Å². The molecule has 0 bridgehead atoms. The van der Waals surface area contributed by atoms with Crippen LogP contribution in [0.25, 0.3) is 0 Å². The molecule has 6 rings (SSSR count). The third-order valence-electron chi connectivity index (χ3n) is 11.4. The van der Waals surface area contributed by atoms with Gasteiger partial charge < -0.3 is 10.2 Å². The molecule has 4 aliphatic rings. The lowest BCUT2D eigenvalue weighted by molar-refractivity contribution is -0.141. The number of halogens is 2. The van der Waals surface area contributed by atoms with E-state index in [2.05, 4.69) is 27.3 Å². The van der Waals surface area contributed by atoms with Crippen molar-refractivity contribution in [1.82, 2.24) is 29.9 Å². The first kappa shape index (κ1) is 33.2. The summed E-state index contributed by atoms with van der Waals surface area (Å²) in [4.78, 5) is 36.6. The van der Waals surface area contributed by atoms with Crippen LogP contribution in [-0.4, -0.2) is 75.1 Å². The molecule has 2 saturated carbocycles. The second-order valence-electron chi connectivity index (χ2n) is 14.0. The number of likely N-dealkylation sites (tertiary alicyclic amines) is 2. The van der Waals surface area contributed by atoms with Crippen LogP contribution in [0.15, 0.2) is 36.9 Å². The summed E-state index contributed by atoms with van der Waals surface area (Å²) in [7, 11) is 2.08. The maximum absolute atomic E-state index is 14.2. The van der Waals surface area contributed by atoms with Gasteiger partial charge in [0.2, 0.25) is 11.8 Å². The van der Waals surface area contributed by atoms with Crippen molar-refractivity contribution in [2.45, 2.75) is 102 Å². The zero-order valence-corrected chi connectivity index (χ0v) is 27.8. The summed E-state index contributed by atoms with van der Waals surface area (Å²) in [5.74, 6) is 2.00. The van der Waals surface area contributed by atoms with E-state index >= 15 is 0 Å². The van der Waals surface area contributed by atoms with Crippen molar-refractivity contribution in [3.63, 3.8) is 0 Å². The maximum Gasteiger partial charge on any atom is 0.245 e. The van der Waals surface area contributed by atoms with E-state index in [0.29, 0.717) is 42.3 Å². The van der Waals surface area contributed by atoms with Crippen molar-refractivity contribution in [3.8, 4) is 0 Å². The molecule has 2 aliphatic heterocycles. The molecule has 1 aromatic heterocycles. The smallest absolute Gasteiger partial charge is 0.245 e. The van der Waals surface area contributed by atoms with Crippen molar-refractivity contribution in [2.24, 2.45) is 23.2 Å². The van der Waals surface area contributed by atoms with Gasteiger partial charge in [0.05, 0.1) is 6.04 Å². The lowest BCUT2D eigenvalue weighted by atomic mass is 9.63. The number of likely N-dealkylation sites (N-methyl/N-ethyl adjacent to an activating group) is 1. The quantitative estimate of drug-likeness (QED) is 0.394. The summed E-state index contributed by atoms with van der Waals surface area (Å²) in [5, 5.41) is 8.39. The molecule has 8 nitrogen and oxygen atoms in total. The van der Waals surface area contributed by atoms with E-state index in [1.54, 1.807) is 6.33 Å². The minimum absolute atomic E-state index is 0. The van der Waals surface area contributed by atoms with Crippen LogP contribution in [0.4, 0.5) is 0 Å². The van der Waals surface area contributed by atoms with Gasteiger partial charge in [-0.15, -0.1) is 12.4 Å². The molecule has 2 aromatic rings. The number of piperidine rings is 2. The summed E-state index contributed by atoms with van der Waals surface area (Å²) in [6.07, 6.45) is 18.2. The minimum atomic E-state index is -0.594. The Hall–Kier alpha value is -2.16. The van der Waals surface area contributed by atoms with Crippen LogP contribution in [0.3, 0.4) is 0 Å². The second kappa shape index (κ2) is 15.0. The number of rotatable bonds is 8. The van der Waals surface area contributed by atoms with E-state index in [-0.39, 0.29) is 35.7 Å². The Balaban J connectivity index is 0.00000384. The topological polar surface area (TPSA) is 83.4 Å². The van der Waals surface area contributed by atoms with Crippen molar-refractivity contribution in [2.75, 3.05) is 26.7 Å². The molecule has 1 N–H and O–H groups in total. The van der Waals surface area contributed by atoms with Gasteiger partial charge in [0.25, 0.3) is 0 Å². The van der Waals surface area contributed by atoms with E-state index in [1.165, 1.54) is 57.8 Å². The number of benzene rings is 1. The monoisotopic (exact) mass is 644 g/mol. The summed E-state index contributed by atoms with van der Waals surface area (Å²) >= 11 is 6.17. The fraction of sp³-hybridized carbons (Fsp3) is 0.706. The number of nitrogens with one attached hydrogen (secondary N) is 1. The molecule has 2 saturated heterocycles. The molecule has 3 heterocycles. The lowest BCUT2D eigenvalue weighted by Crippen LogP contribution is -2.59. The Bertz CT molecular complexity index is 1210. The fourth-order valence-corrected chi connectivity index (χ4v) is 9.00. The van der Waals surface area contributed by atoms with Crippen LogP contribution in [0.5, 0.6) is 0 Å². The molecular formula is C34H50Cl2N6O2. The van der Waals surface area contributed by atoms with Crippen molar-refractivity contribution < 1.29 is 9.59 Å². The van der Waals surface area contributed by atoms with Crippen LogP contribution in [-0.2, 0) is 22.6 Å². The Labute approximate surface area is 274 Å². The summed E-state index contributed by atoms with van der Waals surface area (Å²) in [5.41, 5.74) is 1.13. The van der Waals surface area contributed by atoms with E-state index in [9.17, 15) is 9.59 Å². The molecule has 2 amide bonds. The van der Waals surface area contributed by atoms with Crippen LogP contribution < -0.4 is 5.32 Å². The van der Waals surface area contributed by atoms with Crippen LogP contribution >= 0.6 is 24.0 Å². The fourth-order valence-electron chi connectivity index (χ4n) is 8.87. The Kier molecular flexibility index (Phi) is 11.3. The number of hydrogen-bond donors (Lipinski definition) is 1. The highest BCUT2D eigenvalue weighted by Gasteiger charge is 2.44. The summed E-state index contributed by atoms with van der Waals surface area (Å²) in [6, 6.07) is 6.89. The molecular weight excluding hydrogens is 595 g/mol. The highest BCUT2D eigenvalue weighted by molar-refractivity contribution is 6.30. The van der Waals surface area contributed by atoms with Gasteiger partial charge in [0.1, 0.15) is 18.7 Å². The van der Waals surface area contributed by atoms with Crippen LogP contribution in [0, 0.1) is 23.2 Å². The molecule has 242 valence electrons.